The van der Waals surface area contributed by atoms with Crippen LogP contribution in [0.15, 0.2) is 48.5 Å². The van der Waals surface area contributed by atoms with E-state index in [0.29, 0.717) is 12.1 Å². The van der Waals surface area contributed by atoms with Crippen LogP contribution in [-0.2, 0) is 9.47 Å². The second kappa shape index (κ2) is 7.51. The average Bonchev–Trinajstić information content (AvgIpc) is 2.92. The fourth-order valence-corrected chi connectivity index (χ4v) is 2.88. The van der Waals surface area contributed by atoms with Gasteiger partial charge in [0, 0.05) is 25.3 Å². The molecule has 1 aliphatic rings. The second-order valence-electron chi connectivity index (χ2n) is 5.67. The second-order valence-corrected chi connectivity index (χ2v) is 5.67. The molecule has 0 radical (unpaired) electrons. The third-order valence-corrected chi connectivity index (χ3v) is 4.25. The van der Waals surface area contributed by atoms with Gasteiger partial charge in [0.25, 0.3) is 5.91 Å². The molecule has 2 aromatic rings. The summed E-state index contributed by atoms with van der Waals surface area (Å²) in [6.45, 7) is 0.322. The van der Waals surface area contributed by atoms with Gasteiger partial charge < -0.3 is 19.1 Å². The number of carbonyl (C=O) groups excluding carboxylic acids is 1. The van der Waals surface area contributed by atoms with E-state index < -0.39 is 6.29 Å². The topological polar surface area (TPSA) is 48.0 Å². The zero-order chi connectivity index (χ0) is 17.8. The quantitative estimate of drug-likeness (QED) is 0.758. The maximum absolute atomic E-state index is 12.8. The Morgan fingerprint density at radius 2 is 1.60 bits per heavy atom. The van der Waals surface area contributed by atoms with Gasteiger partial charge in [-0.1, -0.05) is 30.3 Å². The van der Waals surface area contributed by atoms with Crippen LogP contribution in [0.4, 0.5) is 0 Å². The molecule has 25 heavy (non-hydrogen) atoms. The molecule has 0 unspecified atom stereocenters. The maximum atomic E-state index is 12.8. The molecule has 0 saturated carbocycles. The minimum absolute atomic E-state index is 0.0468. The number of benzene rings is 2. The van der Waals surface area contributed by atoms with E-state index in [1.165, 1.54) is 0 Å². The molecule has 1 heterocycles. The maximum Gasteiger partial charge on any atom is 0.259 e. The van der Waals surface area contributed by atoms with E-state index >= 15 is 0 Å². The lowest BCUT2D eigenvalue weighted by molar-refractivity contribution is -0.107. The Labute approximate surface area is 147 Å². The van der Waals surface area contributed by atoms with Crippen LogP contribution in [0.3, 0.4) is 0 Å². The fourth-order valence-electron chi connectivity index (χ4n) is 2.88. The standard InChI is InChI=1S/C20H21NO4/c1-23-15-10-8-14(9-11-15)12-18-16-6-4-5-7-17(16)20(22)21(18)13-19(24-2)25-3/h4-12,19H,13H2,1-3H3/b18-12+. The number of hydrogen-bond donors (Lipinski definition) is 0. The number of amides is 1. The first-order chi connectivity index (χ1) is 12.2. The Kier molecular flexibility index (Phi) is 5.16. The summed E-state index contributed by atoms with van der Waals surface area (Å²) < 4.78 is 15.8. The fraction of sp³-hybridized carbons (Fsp3) is 0.250. The van der Waals surface area contributed by atoms with Crippen LogP contribution in [0, 0.1) is 0 Å². The molecule has 0 fully saturated rings. The summed E-state index contributed by atoms with van der Waals surface area (Å²) in [6, 6.07) is 15.3. The van der Waals surface area contributed by atoms with Crippen molar-refractivity contribution in [3.8, 4) is 5.75 Å². The number of ether oxygens (including phenoxy) is 3. The van der Waals surface area contributed by atoms with Crippen molar-refractivity contribution in [1.82, 2.24) is 4.90 Å². The molecule has 0 aromatic heterocycles. The van der Waals surface area contributed by atoms with Crippen LogP contribution in [0.25, 0.3) is 11.8 Å². The van der Waals surface area contributed by atoms with Gasteiger partial charge in [0.2, 0.25) is 0 Å². The van der Waals surface area contributed by atoms with Gasteiger partial charge in [0.15, 0.2) is 6.29 Å². The lowest BCUT2D eigenvalue weighted by atomic mass is 10.1. The molecule has 2 aromatic carbocycles. The molecule has 5 nitrogen and oxygen atoms in total. The first-order valence-corrected chi connectivity index (χ1v) is 8.00. The van der Waals surface area contributed by atoms with E-state index in [1.807, 2.05) is 54.6 Å². The van der Waals surface area contributed by atoms with E-state index in [-0.39, 0.29) is 5.91 Å². The number of methoxy groups -OCH3 is 3. The highest BCUT2D eigenvalue weighted by molar-refractivity contribution is 6.11. The van der Waals surface area contributed by atoms with Crippen LogP contribution in [0.1, 0.15) is 21.5 Å². The SMILES string of the molecule is COc1ccc(/C=C2\c3ccccc3C(=O)N2CC(OC)OC)cc1. The lowest BCUT2D eigenvalue weighted by Crippen LogP contribution is -2.34. The minimum atomic E-state index is -0.488. The Morgan fingerprint density at radius 1 is 0.960 bits per heavy atom. The molecule has 0 atom stereocenters. The van der Waals surface area contributed by atoms with Gasteiger partial charge in [-0.2, -0.15) is 0 Å². The molecule has 130 valence electrons. The van der Waals surface area contributed by atoms with Gasteiger partial charge in [-0.15, -0.1) is 0 Å². The van der Waals surface area contributed by atoms with Crippen molar-refractivity contribution in [3.05, 3.63) is 65.2 Å². The van der Waals surface area contributed by atoms with Crippen LogP contribution >= 0.6 is 0 Å². The van der Waals surface area contributed by atoms with Crippen molar-refractivity contribution < 1.29 is 19.0 Å². The molecule has 0 aliphatic carbocycles. The third-order valence-electron chi connectivity index (χ3n) is 4.25. The molecular formula is C20H21NO4. The number of fused-ring (bicyclic) bond motifs is 1. The molecule has 0 N–H and O–H groups in total. The summed E-state index contributed by atoms with van der Waals surface area (Å²) in [5, 5.41) is 0. The van der Waals surface area contributed by atoms with Gasteiger partial charge in [0.05, 0.1) is 19.4 Å². The Morgan fingerprint density at radius 3 is 2.20 bits per heavy atom. The van der Waals surface area contributed by atoms with Gasteiger partial charge in [-0.25, -0.2) is 0 Å². The van der Waals surface area contributed by atoms with Crippen molar-refractivity contribution in [3.63, 3.8) is 0 Å². The Bertz CT molecular complexity index is 779. The van der Waals surface area contributed by atoms with Crippen molar-refractivity contribution in [2.75, 3.05) is 27.9 Å². The average molecular weight is 339 g/mol. The smallest absolute Gasteiger partial charge is 0.259 e. The van der Waals surface area contributed by atoms with Crippen molar-refractivity contribution in [2.24, 2.45) is 0 Å². The summed E-state index contributed by atoms with van der Waals surface area (Å²) in [5.41, 5.74) is 3.42. The molecule has 0 spiro atoms. The van der Waals surface area contributed by atoms with E-state index in [0.717, 1.165) is 22.6 Å². The number of nitrogens with zero attached hydrogens (tertiary/aromatic N) is 1. The van der Waals surface area contributed by atoms with Crippen LogP contribution in [0.5, 0.6) is 5.75 Å². The normalized spacial score (nSPS) is 15.1. The molecule has 3 rings (SSSR count). The molecule has 1 amide bonds. The van der Waals surface area contributed by atoms with Crippen LogP contribution < -0.4 is 4.74 Å². The van der Waals surface area contributed by atoms with Crippen LogP contribution in [-0.4, -0.2) is 45.0 Å². The monoisotopic (exact) mass is 339 g/mol. The minimum Gasteiger partial charge on any atom is -0.497 e. The van der Waals surface area contributed by atoms with Crippen molar-refractivity contribution in [2.45, 2.75) is 6.29 Å². The summed E-state index contributed by atoms with van der Waals surface area (Å²) in [6.07, 6.45) is 1.50. The Hall–Kier alpha value is -2.63. The summed E-state index contributed by atoms with van der Waals surface area (Å²) in [7, 11) is 4.76. The highest BCUT2D eigenvalue weighted by Gasteiger charge is 2.33. The first kappa shape index (κ1) is 17.2. The molecular weight excluding hydrogens is 318 g/mol. The molecule has 5 heteroatoms. The summed E-state index contributed by atoms with van der Waals surface area (Å²) in [4.78, 5) is 14.5. The van der Waals surface area contributed by atoms with E-state index in [9.17, 15) is 4.79 Å². The molecule has 0 saturated heterocycles. The van der Waals surface area contributed by atoms with Gasteiger partial charge in [-0.05, 0) is 29.8 Å². The number of hydrogen-bond acceptors (Lipinski definition) is 4. The zero-order valence-corrected chi connectivity index (χ0v) is 14.6. The highest BCUT2D eigenvalue weighted by atomic mass is 16.7. The number of rotatable bonds is 6. The summed E-state index contributed by atoms with van der Waals surface area (Å²) >= 11 is 0. The summed E-state index contributed by atoms with van der Waals surface area (Å²) in [5.74, 6) is 0.746. The predicted molar refractivity (Wildman–Crippen MR) is 96.1 cm³/mol. The first-order valence-electron chi connectivity index (χ1n) is 8.00. The third kappa shape index (κ3) is 3.43. The van der Waals surface area contributed by atoms with Gasteiger partial charge >= 0.3 is 0 Å². The predicted octanol–water partition coefficient (Wildman–Crippen LogP) is 3.27. The van der Waals surface area contributed by atoms with E-state index in [2.05, 4.69) is 0 Å². The van der Waals surface area contributed by atoms with E-state index in [1.54, 1.807) is 26.2 Å². The van der Waals surface area contributed by atoms with Crippen molar-refractivity contribution >= 4 is 17.7 Å². The number of carbonyl (C=O) groups is 1. The van der Waals surface area contributed by atoms with Crippen molar-refractivity contribution in [1.29, 1.82) is 0 Å². The Balaban J connectivity index is 2.01. The van der Waals surface area contributed by atoms with Gasteiger partial charge in [0.1, 0.15) is 5.75 Å². The largest absolute Gasteiger partial charge is 0.497 e. The zero-order valence-electron chi connectivity index (χ0n) is 14.6. The highest BCUT2D eigenvalue weighted by Crippen LogP contribution is 2.34. The molecule has 1 aliphatic heterocycles. The van der Waals surface area contributed by atoms with Crippen LogP contribution in [0.2, 0.25) is 0 Å². The lowest BCUT2D eigenvalue weighted by Gasteiger charge is -2.23. The van der Waals surface area contributed by atoms with Gasteiger partial charge in [-0.3, -0.25) is 4.79 Å². The molecule has 0 bridgehead atoms. The van der Waals surface area contributed by atoms with E-state index in [4.69, 9.17) is 14.2 Å².